The first kappa shape index (κ1) is 8.80. The van der Waals surface area contributed by atoms with Gasteiger partial charge in [0.1, 0.15) is 0 Å². The molecule has 0 aliphatic heterocycles. The van der Waals surface area contributed by atoms with Crippen molar-refractivity contribution >= 4 is 16.5 Å². The molecule has 3 nitrogen and oxygen atoms in total. The molecule has 1 saturated carbocycles. The number of alkyl halides is 2. The van der Waals surface area contributed by atoms with Crippen LogP contribution in [0.25, 0.3) is 0 Å². The number of aromatic nitrogens is 2. The first-order valence-electron chi connectivity index (χ1n) is 4.14. The van der Waals surface area contributed by atoms with E-state index in [9.17, 15) is 8.78 Å². The van der Waals surface area contributed by atoms with Gasteiger partial charge in [0.05, 0.1) is 0 Å². The predicted molar refractivity (Wildman–Crippen MR) is 46.1 cm³/mol. The Morgan fingerprint density at radius 3 is 2.62 bits per heavy atom. The summed E-state index contributed by atoms with van der Waals surface area (Å²) in [5.41, 5.74) is 0. The van der Waals surface area contributed by atoms with Crippen LogP contribution >= 0.6 is 11.3 Å². The summed E-state index contributed by atoms with van der Waals surface area (Å²) >= 11 is 0.935. The van der Waals surface area contributed by atoms with Crippen LogP contribution in [0.3, 0.4) is 0 Å². The van der Waals surface area contributed by atoms with Gasteiger partial charge in [-0.05, 0) is 19.3 Å². The van der Waals surface area contributed by atoms with Crippen molar-refractivity contribution in [2.45, 2.75) is 31.7 Å². The molecule has 1 fully saturated rings. The third kappa shape index (κ3) is 1.93. The molecule has 1 N–H and O–H groups in total. The Labute approximate surface area is 78.2 Å². The number of hydrogen-bond acceptors (Lipinski definition) is 4. The van der Waals surface area contributed by atoms with Crippen LogP contribution in [-0.2, 0) is 0 Å². The van der Waals surface area contributed by atoms with E-state index in [-0.39, 0.29) is 5.01 Å². The van der Waals surface area contributed by atoms with E-state index in [2.05, 4.69) is 15.5 Å². The molecule has 0 spiro atoms. The van der Waals surface area contributed by atoms with Crippen LogP contribution in [0.1, 0.15) is 30.7 Å². The molecule has 1 aromatic heterocycles. The average Bonchev–Trinajstić information content (AvgIpc) is 2.44. The second-order valence-corrected chi connectivity index (χ2v) is 4.03. The number of nitrogens with one attached hydrogen (secondary N) is 1. The van der Waals surface area contributed by atoms with E-state index < -0.39 is 6.43 Å². The van der Waals surface area contributed by atoms with Gasteiger partial charge in [0.15, 0.2) is 5.01 Å². The van der Waals surface area contributed by atoms with Crippen LogP contribution < -0.4 is 5.32 Å². The van der Waals surface area contributed by atoms with Crippen molar-refractivity contribution in [1.29, 1.82) is 0 Å². The van der Waals surface area contributed by atoms with Gasteiger partial charge in [-0.25, -0.2) is 8.78 Å². The molecule has 0 bridgehead atoms. The Morgan fingerprint density at radius 2 is 2.15 bits per heavy atom. The van der Waals surface area contributed by atoms with Gasteiger partial charge in [-0.15, -0.1) is 10.2 Å². The lowest BCUT2D eigenvalue weighted by Crippen LogP contribution is -2.26. The summed E-state index contributed by atoms with van der Waals surface area (Å²) in [7, 11) is 0. The lowest BCUT2D eigenvalue weighted by atomic mass is 9.93. The van der Waals surface area contributed by atoms with E-state index >= 15 is 0 Å². The summed E-state index contributed by atoms with van der Waals surface area (Å²) in [4.78, 5) is 0. The molecule has 2 rings (SSSR count). The third-order valence-electron chi connectivity index (χ3n) is 2.06. The van der Waals surface area contributed by atoms with Crippen LogP contribution in [0.15, 0.2) is 0 Å². The van der Waals surface area contributed by atoms with E-state index in [0.717, 1.165) is 24.2 Å². The predicted octanol–water partition coefficient (Wildman–Crippen LogP) is 2.44. The fourth-order valence-electron chi connectivity index (χ4n) is 1.11. The molecular weight excluding hydrogens is 196 g/mol. The highest BCUT2D eigenvalue weighted by Crippen LogP contribution is 2.28. The zero-order chi connectivity index (χ0) is 9.26. The van der Waals surface area contributed by atoms with E-state index in [1.807, 2.05) is 0 Å². The zero-order valence-corrected chi connectivity index (χ0v) is 7.65. The van der Waals surface area contributed by atoms with E-state index in [4.69, 9.17) is 0 Å². The van der Waals surface area contributed by atoms with Crippen LogP contribution in [0.2, 0.25) is 0 Å². The largest absolute Gasteiger partial charge is 0.357 e. The Kier molecular flexibility index (Phi) is 2.39. The van der Waals surface area contributed by atoms with Crippen molar-refractivity contribution in [2.24, 2.45) is 0 Å². The number of hydrogen-bond donors (Lipinski definition) is 1. The molecule has 1 aromatic rings. The molecule has 13 heavy (non-hydrogen) atoms. The molecule has 72 valence electrons. The Bertz CT molecular complexity index is 285. The molecule has 1 aliphatic carbocycles. The maximum Gasteiger partial charge on any atom is 0.291 e. The van der Waals surface area contributed by atoms with Crippen molar-refractivity contribution in [1.82, 2.24) is 10.2 Å². The zero-order valence-electron chi connectivity index (χ0n) is 6.83. The summed E-state index contributed by atoms with van der Waals surface area (Å²) < 4.78 is 24.2. The minimum Gasteiger partial charge on any atom is -0.357 e. The first-order chi connectivity index (χ1) is 6.25. The van der Waals surface area contributed by atoms with Crippen molar-refractivity contribution in [3.63, 3.8) is 0 Å². The van der Waals surface area contributed by atoms with Crippen molar-refractivity contribution < 1.29 is 8.78 Å². The van der Waals surface area contributed by atoms with Crippen LogP contribution in [0.4, 0.5) is 13.9 Å². The molecule has 0 atom stereocenters. The fourth-order valence-corrected chi connectivity index (χ4v) is 1.78. The summed E-state index contributed by atoms with van der Waals surface area (Å²) in [6, 6.07) is 0.415. The van der Waals surface area contributed by atoms with E-state index in [0.29, 0.717) is 11.2 Å². The lowest BCUT2D eigenvalue weighted by molar-refractivity contribution is 0.150. The first-order valence-corrected chi connectivity index (χ1v) is 4.95. The minimum atomic E-state index is -2.51. The monoisotopic (exact) mass is 205 g/mol. The SMILES string of the molecule is FC(F)c1nnc(NC2CCC2)s1. The summed E-state index contributed by atoms with van der Waals surface area (Å²) in [5.74, 6) is 0. The number of nitrogens with zero attached hydrogens (tertiary/aromatic N) is 2. The molecule has 1 aliphatic rings. The van der Waals surface area contributed by atoms with Gasteiger partial charge < -0.3 is 5.32 Å². The molecular formula is C7H9F2N3S. The van der Waals surface area contributed by atoms with Gasteiger partial charge in [0.2, 0.25) is 5.13 Å². The highest BCUT2D eigenvalue weighted by atomic mass is 32.1. The van der Waals surface area contributed by atoms with E-state index in [1.165, 1.54) is 6.42 Å². The van der Waals surface area contributed by atoms with Crippen molar-refractivity contribution in [2.75, 3.05) is 5.32 Å². The Morgan fingerprint density at radius 1 is 1.38 bits per heavy atom. The second-order valence-electron chi connectivity index (χ2n) is 3.02. The second kappa shape index (κ2) is 3.53. The summed E-state index contributed by atoms with van der Waals surface area (Å²) in [6.07, 6.45) is 0.903. The fraction of sp³-hybridized carbons (Fsp3) is 0.714. The van der Waals surface area contributed by atoms with Gasteiger partial charge in [-0.3, -0.25) is 0 Å². The van der Waals surface area contributed by atoms with Gasteiger partial charge in [0.25, 0.3) is 6.43 Å². The normalized spacial score (nSPS) is 17.5. The lowest BCUT2D eigenvalue weighted by Gasteiger charge is -2.25. The third-order valence-corrected chi connectivity index (χ3v) is 2.92. The molecule has 0 unspecified atom stereocenters. The molecule has 6 heteroatoms. The molecule has 0 saturated heterocycles. The van der Waals surface area contributed by atoms with Crippen LogP contribution in [0, 0.1) is 0 Å². The summed E-state index contributed by atoms with van der Waals surface area (Å²) in [5, 5.41) is 10.4. The Balaban J connectivity index is 1.96. The smallest absolute Gasteiger partial charge is 0.291 e. The maximum atomic E-state index is 12.1. The number of rotatable bonds is 3. The van der Waals surface area contributed by atoms with Crippen LogP contribution in [0.5, 0.6) is 0 Å². The Hall–Kier alpha value is -0.780. The highest BCUT2D eigenvalue weighted by Gasteiger charge is 2.20. The van der Waals surface area contributed by atoms with Crippen molar-refractivity contribution in [3.05, 3.63) is 5.01 Å². The maximum absolute atomic E-state index is 12.1. The minimum absolute atomic E-state index is 0.207. The average molecular weight is 205 g/mol. The number of anilines is 1. The van der Waals surface area contributed by atoms with Gasteiger partial charge in [-0.1, -0.05) is 11.3 Å². The summed E-state index contributed by atoms with van der Waals surface area (Å²) in [6.45, 7) is 0. The molecule has 0 radical (unpaired) electrons. The number of halogens is 2. The van der Waals surface area contributed by atoms with Crippen molar-refractivity contribution in [3.8, 4) is 0 Å². The quantitative estimate of drug-likeness (QED) is 0.823. The van der Waals surface area contributed by atoms with Gasteiger partial charge in [-0.2, -0.15) is 0 Å². The highest BCUT2D eigenvalue weighted by molar-refractivity contribution is 7.15. The molecule has 0 aromatic carbocycles. The standard InChI is InChI=1S/C7H9F2N3S/c8-5(9)6-11-12-7(13-6)10-4-2-1-3-4/h4-5H,1-3H2,(H,10,12). The molecule has 0 amide bonds. The molecule has 1 heterocycles. The topological polar surface area (TPSA) is 37.8 Å². The van der Waals surface area contributed by atoms with E-state index in [1.54, 1.807) is 0 Å². The van der Waals surface area contributed by atoms with Crippen LogP contribution in [-0.4, -0.2) is 16.2 Å². The van der Waals surface area contributed by atoms with Gasteiger partial charge >= 0.3 is 0 Å². The van der Waals surface area contributed by atoms with Gasteiger partial charge in [0, 0.05) is 6.04 Å².